The van der Waals surface area contributed by atoms with Crippen LogP contribution >= 0.6 is 0 Å². The van der Waals surface area contributed by atoms with Gasteiger partial charge in [0.05, 0.1) is 11.9 Å². The van der Waals surface area contributed by atoms with Crippen LogP contribution in [0.3, 0.4) is 0 Å². The minimum absolute atomic E-state index is 0.0247. The molecule has 0 saturated carbocycles. The maximum absolute atomic E-state index is 12.2. The lowest BCUT2D eigenvalue weighted by Crippen LogP contribution is -2.31. The van der Waals surface area contributed by atoms with Crippen molar-refractivity contribution in [2.75, 3.05) is 18.4 Å². The number of aromatic nitrogens is 1. The minimum atomic E-state index is -0.0247. The smallest absolute Gasteiger partial charge is 0.272 e. The molecule has 0 bridgehead atoms. The zero-order valence-electron chi connectivity index (χ0n) is 13.7. The van der Waals surface area contributed by atoms with E-state index in [1.54, 1.807) is 17.2 Å². The summed E-state index contributed by atoms with van der Waals surface area (Å²) < 4.78 is 0. The topological polar surface area (TPSA) is 45.2 Å². The van der Waals surface area contributed by atoms with Gasteiger partial charge in [0.15, 0.2) is 0 Å². The third-order valence-corrected chi connectivity index (χ3v) is 3.71. The maximum atomic E-state index is 12.2. The van der Waals surface area contributed by atoms with Gasteiger partial charge in [0.2, 0.25) is 0 Å². The van der Waals surface area contributed by atoms with E-state index in [1.807, 2.05) is 19.9 Å². The van der Waals surface area contributed by atoms with Gasteiger partial charge in [0.25, 0.3) is 5.91 Å². The third kappa shape index (κ3) is 3.64. The molecule has 1 heterocycles. The second kappa shape index (κ2) is 7.07. The van der Waals surface area contributed by atoms with Crippen molar-refractivity contribution in [2.45, 2.75) is 27.7 Å². The average Bonchev–Trinajstić information content (AvgIpc) is 2.53. The van der Waals surface area contributed by atoms with Crippen molar-refractivity contribution in [3.05, 3.63) is 53.3 Å². The number of nitrogens with zero attached hydrogens (tertiary/aromatic N) is 2. The van der Waals surface area contributed by atoms with Crippen molar-refractivity contribution in [3.63, 3.8) is 0 Å². The summed E-state index contributed by atoms with van der Waals surface area (Å²) >= 11 is 0. The largest absolute Gasteiger partial charge is 0.354 e. The summed E-state index contributed by atoms with van der Waals surface area (Å²) in [6.45, 7) is 9.46. The van der Waals surface area contributed by atoms with Crippen molar-refractivity contribution < 1.29 is 4.79 Å². The van der Waals surface area contributed by atoms with Crippen LogP contribution in [0, 0.1) is 13.8 Å². The molecule has 1 N–H and O–H groups in total. The molecule has 4 nitrogen and oxygen atoms in total. The SMILES string of the molecule is CCN(CC)C(=O)c1ccc(Nc2cc(C)ccc2C)cn1. The van der Waals surface area contributed by atoms with Gasteiger partial charge in [-0.25, -0.2) is 4.98 Å². The van der Waals surface area contributed by atoms with Gasteiger partial charge in [-0.05, 0) is 57.0 Å². The van der Waals surface area contributed by atoms with Gasteiger partial charge in [0, 0.05) is 18.8 Å². The van der Waals surface area contributed by atoms with Crippen LogP contribution in [0.25, 0.3) is 0 Å². The number of nitrogens with one attached hydrogen (secondary N) is 1. The van der Waals surface area contributed by atoms with Crippen molar-refractivity contribution in [2.24, 2.45) is 0 Å². The first-order valence-corrected chi connectivity index (χ1v) is 7.64. The van der Waals surface area contributed by atoms with E-state index in [9.17, 15) is 4.79 Å². The number of carbonyl (C=O) groups excluding carboxylic acids is 1. The molecule has 1 amide bonds. The Morgan fingerprint density at radius 3 is 2.45 bits per heavy atom. The fourth-order valence-electron chi connectivity index (χ4n) is 2.29. The van der Waals surface area contributed by atoms with Crippen LogP contribution in [0.4, 0.5) is 11.4 Å². The van der Waals surface area contributed by atoms with Crippen LogP contribution in [0.1, 0.15) is 35.5 Å². The Morgan fingerprint density at radius 2 is 1.86 bits per heavy atom. The van der Waals surface area contributed by atoms with E-state index in [-0.39, 0.29) is 5.91 Å². The van der Waals surface area contributed by atoms with Crippen molar-refractivity contribution in [1.82, 2.24) is 9.88 Å². The van der Waals surface area contributed by atoms with E-state index < -0.39 is 0 Å². The van der Waals surface area contributed by atoms with Crippen molar-refractivity contribution in [1.29, 1.82) is 0 Å². The van der Waals surface area contributed by atoms with Crippen LogP contribution < -0.4 is 5.32 Å². The van der Waals surface area contributed by atoms with E-state index in [4.69, 9.17) is 0 Å². The molecule has 2 aromatic rings. The van der Waals surface area contributed by atoms with E-state index in [2.05, 4.69) is 42.3 Å². The highest BCUT2D eigenvalue weighted by molar-refractivity contribution is 5.92. The number of amides is 1. The summed E-state index contributed by atoms with van der Waals surface area (Å²) in [5.41, 5.74) is 4.80. The fourth-order valence-corrected chi connectivity index (χ4v) is 2.29. The van der Waals surface area contributed by atoms with Crippen LogP contribution in [0.2, 0.25) is 0 Å². The predicted octanol–water partition coefficient (Wildman–Crippen LogP) is 3.92. The van der Waals surface area contributed by atoms with Crippen LogP contribution in [0.5, 0.6) is 0 Å². The number of hydrogen-bond acceptors (Lipinski definition) is 3. The lowest BCUT2D eigenvalue weighted by atomic mass is 10.1. The van der Waals surface area contributed by atoms with Gasteiger partial charge >= 0.3 is 0 Å². The van der Waals surface area contributed by atoms with Gasteiger partial charge in [-0.1, -0.05) is 12.1 Å². The van der Waals surface area contributed by atoms with Gasteiger partial charge < -0.3 is 10.2 Å². The second-order valence-corrected chi connectivity index (χ2v) is 5.35. The Balaban J connectivity index is 2.15. The molecule has 0 aliphatic heterocycles. The highest BCUT2D eigenvalue weighted by Crippen LogP contribution is 2.21. The number of benzene rings is 1. The monoisotopic (exact) mass is 297 g/mol. The number of rotatable bonds is 5. The molecule has 0 radical (unpaired) electrons. The average molecular weight is 297 g/mol. The summed E-state index contributed by atoms with van der Waals surface area (Å²) in [6, 6.07) is 9.94. The molecule has 0 aliphatic carbocycles. The molecular weight excluding hydrogens is 274 g/mol. The van der Waals surface area contributed by atoms with Gasteiger partial charge in [-0.15, -0.1) is 0 Å². The molecule has 116 valence electrons. The fraction of sp³-hybridized carbons (Fsp3) is 0.333. The zero-order valence-corrected chi connectivity index (χ0v) is 13.7. The Bertz CT molecular complexity index is 646. The standard InChI is InChI=1S/C18H23N3O/c1-5-21(6-2)18(22)16-10-9-15(12-19-16)20-17-11-13(3)7-8-14(17)4/h7-12,20H,5-6H2,1-4H3. The molecular formula is C18H23N3O. The number of hydrogen-bond donors (Lipinski definition) is 1. The molecule has 0 unspecified atom stereocenters. The summed E-state index contributed by atoms with van der Waals surface area (Å²) in [4.78, 5) is 18.3. The van der Waals surface area contributed by atoms with Crippen LogP contribution in [-0.2, 0) is 0 Å². The zero-order chi connectivity index (χ0) is 16.1. The first kappa shape index (κ1) is 16.0. The predicted molar refractivity (Wildman–Crippen MR) is 90.7 cm³/mol. The van der Waals surface area contributed by atoms with Crippen molar-refractivity contribution in [3.8, 4) is 0 Å². The lowest BCUT2D eigenvalue weighted by molar-refractivity contribution is 0.0767. The molecule has 4 heteroatoms. The summed E-state index contributed by atoms with van der Waals surface area (Å²) in [6.07, 6.45) is 1.71. The Labute approximate surface area is 132 Å². The van der Waals surface area contributed by atoms with E-state index in [0.29, 0.717) is 18.8 Å². The highest BCUT2D eigenvalue weighted by atomic mass is 16.2. The molecule has 1 aromatic heterocycles. The molecule has 0 aliphatic rings. The minimum Gasteiger partial charge on any atom is -0.354 e. The normalized spacial score (nSPS) is 10.4. The Morgan fingerprint density at radius 1 is 1.14 bits per heavy atom. The number of aryl methyl sites for hydroxylation is 2. The van der Waals surface area contributed by atoms with E-state index in [1.165, 1.54) is 11.1 Å². The summed E-state index contributed by atoms with van der Waals surface area (Å²) in [5, 5.41) is 3.35. The van der Waals surface area contributed by atoms with E-state index in [0.717, 1.165) is 11.4 Å². The van der Waals surface area contributed by atoms with Crippen LogP contribution in [0.15, 0.2) is 36.5 Å². The number of pyridine rings is 1. The number of carbonyl (C=O) groups is 1. The first-order valence-electron chi connectivity index (χ1n) is 7.64. The molecule has 0 fully saturated rings. The quantitative estimate of drug-likeness (QED) is 0.909. The van der Waals surface area contributed by atoms with Gasteiger partial charge in [-0.3, -0.25) is 4.79 Å². The summed E-state index contributed by atoms with van der Waals surface area (Å²) in [5.74, 6) is -0.0247. The first-order chi connectivity index (χ1) is 10.5. The molecule has 2 rings (SSSR count). The second-order valence-electron chi connectivity index (χ2n) is 5.35. The molecule has 0 spiro atoms. The molecule has 1 aromatic carbocycles. The molecule has 0 saturated heterocycles. The highest BCUT2D eigenvalue weighted by Gasteiger charge is 2.13. The molecule has 0 atom stereocenters. The number of anilines is 2. The summed E-state index contributed by atoms with van der Waals surface area (Å²) in [7, 11) is 0. The maximum Gasteiger partial charge on any atom is 0.272 e. The lowest BCUT2D eigenvalue weighted by Gasteiger charge is -2.18. The van der Waals surface area contributed by atoms with Crippen LogP contribution in [-0.4, -0.2) is 28.9 Å². The third-order valence-electron chi connectivity index (χ3n) is 3.71. The Hall–Kier alpha value is -2.36. The molecule has 22 heavy (non-hydrogen) atoms. The van der Waals surface area contributed by atoms with E-state index >= 15 is 0 Å². The Kier molecular flexibility index (Phi) is 5.15. The van der Waals surface area contributed by atoms with Gasteiger partial charge in [0.1, 0.15) is 5.69 Å². The van der Waals surface area contributed by atoms with Crippen molar-refractivity contribution >= 4 is 17.3 Å². The van der Waals surface area contributed by atoms with Gasteiger partial charge in [-0.2, -0.15) is 0 Å².